The van der Waals surface area contributed by atoms with Gasteiger partial charge in [-0.05, 0) is 68.2 Å². The van der Waals surface area contributed by atoms with E-state index in [1.54, 1.807) is 0 Å². The van der Waals surface area contributed by atoms with Crippen molar-refractivity contribution in [3.05, 3.63) is 47.3 Å². The molecule has 1 amide bonds. The molecule has 232 valence electrons. The number of nitrogens with zero attached hydrogens (tertiary/aromatic N) is 4. The maximum absolute atomic E-state index is 14.7. The number of rotatable bonds is 14. The third-order valence-corrected chi connectivity index (χ3v) is 9.86. The number of anilines is 1. The lowest BCUT2D eigenvalue weighted by Crippen LogP contribution is -2.52. The first-order valence-electron chi connectivity index (χ1n) is 15.7. The predicted molar refractivity (Wildman–Crippen MR) is 161 cm³/mol. The third kappa shape index (κ3) is 8.71. The van der Waals surface area contributed by atoms with Crippen LogP contribution in [0.2, 0.25) is 0 Å². The summed E-state index contributed by atoms with van der Waals surface area (Å²) in [5, 5.41) is 0. The molecule has 7 nitrogen and oxygen atoms in total. The van der Waals surface area contributed by atoms with E-state index in [0.29, 0.717) is 13.0 Å². The number of sulfone groups is 1. The average molecular weight is 605 g/mol. The first kappa shape index (κ1) is 32.3. The molecule has 1 aromatic carbocycles. The summed E-state index contributed by atoms with van der Waals surface area (Å²) < 4.78 is 52.5. The summed E-state index contributed by atoms with van der Waals surface area (Å²) in [7, 11) is -3.88. The molecule has 0 saturated carbocycles. The van der Waals surface area contributed by atoms with E-state index in [1.807, 2.05) is 17.3 Å². The second-order valence-electron chi connectivity index (χ2n) is 12.1. The van der Waals surface area contributed by atoms with Crippen LogP contribution in [0.3, 0.4) is 0 Å². The molecular weight excluding hydrogens is 558 g/mol. The van der Waals surface area contributed by atoms with Crippen LogP contribution in [-0.2, 0) is 27.5 Å². The van der Waals surface area contributed by atoms with E-state index in [4.69, 9.17) is 0 Å². The van der Waals surface area contributed by atoms with Crippen molar-refractivity contribution in [2.45, 2.75) is 108 Å². The molecule has 0 bridgehead atoms. The van der Waals surface area contributed by atoms with Crippen molar-refractivity contribution in [3.8, 4) is 0 Å². The Morgan fingerprint density at radius 3 is 2.17 bits per heavy atom. The first-order chi connectivity index (χ1) is 20.2. The molecule has 10 heteroatoms. The van der Waals surface area contributed by atoms with Gasteiger partial charge in [0.2, 0.25) is 11.9 Å². The number of carbonyl (C=O) groups excluding carboxylic acids is 1. The minimum atomic E-state index is -3.88. The molecule has 1 aromatic heterocycles. The van der Waals surface area contributed by atoms with Gasteiger partial charge in [0.25, 0.3) is 0 Å². The molecule has 1 atom stereocenters. The fourth-order valence-corrected chi connectivity index (χ4v) is 7.02. The van der Waals surface area contributed by atoms with E-state index in [2.05, 4.69) is 21.8 Å². The molecule has 0 unspecified atom stereocenters. The fourth-order valence-electron chi connectivity index (χ4n) is 6.28. The molecule has 2 aromatic rings. The molecule has 0 radical (unpaired) electrons. The minimum absolute atomic E-state index is 0.0340. The second-order valence-corrected chi connectivity index (χ2v) is 14.0. The molecule has 4 rings (SSSR count). The smallest absolute Gasteiger partial charge is 0.226 e. The Labute approximate surface area is 250 Å². The largest absolute Gasteiger partial charge is 0.341 e. The normalized spacial score (nSPS) is 18.6. The summed E-state index contributed by atoms with van der Waals surface area (Å²) in [6.07, 6.45) is 19.2. The van der Waals surface area contributed by atoms with Gasteiger partial charge in [-0.1, -0.05) is 51.9 Å². The Kier molecular flexibility index (Phi) is 11.7. The van der Waals surface area contributed by atoms with Crippen molar-refractivity contribution in [1.82, 2.24) is 14.9 Å². The van der Waals surface area contributed by atoms with Crippen LogP contribution in [0.5, 0.6) is 0 Å². The highest BCUT2D eigenvalue weighted by molar-refractivity contribution is 7.90. The number of unbranched alkanes of at least 4 members (excludes halogenated alkanes) is 7. The van der Waals surface area contributed by atoms with Crippen LogP contribution in [0.4, 0.5) is 14.7 Å². The SMILES string of the molecule is CCCCCCCCCCc1cnc(N2CCC(N3CCC[C@H](Cc4cc(F)c(S(C)(=O)=O)cc4F)C3=O)CC2)nc1. The lowest BCUT2D eigenvalue weighted by molar-refractivity contribution is -0.141. The second kappa shape index (κ2) is 15.2. The van der Waals surface area contributed by atoms with Crippen LogP contribution in [-0.4, -0.2) is 61.1 Å². The van der Waals surface area contributed by atoms with Crippen LogP contribution in [0.15, 0.2) is 29.4 Å². The Morgan fingerprint density at radius 1 is 0.881 bits per heavy atom. The Bertz CT molecular complexity index is 1280. The summed E-state index contributed by atoms with van der Waals surface area (Å²) in [4.78, 5) is 26.1. The number of aromatic nitrogens is 2. The number of likely N-dealkylation sites (tertiary alicyclic amines) is 1. The van der Waals surface area contributed by atoms with E-state index in [-0.39, 0.29) is 23.9 Å². The van der Waals surface area contributed by atoms with Crippen molar-refractivity contribution in [2.24, 2.45) is 5.92 Å². The van der Waals surface area contributed by atoms with Gasteiger partial charge in [0.1, 0.15) is 16.5 Å². The van der Waals surface area contributed by atoms with Crippen molar-refractivity contribution in [1.29, 1.82) is 0 Å². The highest BCUT2D eigenvalue weighted by Gasteiger charge is 2.35. The van der Waals surface area contributed by atoms with Gasteiger partial charge in [0.15, 0.2) is 9.84 Å². The van der Waals surface area contributed by atoms with Gasteiger partial charge in [-0.25, -0.2) is 27.2 Å². The summed E-state index contributed by atoms with van der Waals surface area (Å²) in [5.74, 6) is -1.53. The van der Waals surface area contributed by atoms with Crippen molar-refractivity contribution in [3.63, 3.8) is 0 Å². The predicted octanol–water partition coefficient (Wildman–Crippen LogP) is 6.29. The van der Waals surface area contributed by atoms with Gasteiger partial charge in [0, 0.05) is 50.2 Å². The van der Waals surface area contributed by atoms with Gasteiger partial charge >= 0.3 is 0 Å². The third-order valence-electron chi connectivity index (χ3n) is 8.75. The molecule has 0 N–H and O–H groups in total. The molecule has 0 spiro atoms. The van der Waals surface area contributed by atoms with Crippen LogP contribution in [0.1, 0.15) is 95.1 Å². The van der Waals surface area contributed by atoms with E-state index >= 15 is 0 Å². The number of amides is 1. The zero-order chi connectivity index (χ0) is 30.1. The maximum atomic E-state index is 14.7. The van der Waals surface area contributed by atoms with Crippen molar-refractivity contribution < 1.29 is 22.0 Å². The topological polar surface area (TPSA) is 83.5 Å². The van der Waals surface area contributed by atoms with Crippen LogP contribution >= 0.6 is 0 Å². The molecule has 2 saturated heterocycles. The minimum Gasteiger partial charge on any atom is -0.341 e. The first-order valence-corrected chi connectivity index (χ1v) is 17.6. The van der Waals surface area contributed by atoms with E-state index in [9.17, 15) is 22.0 Å². The zero-order valence-electron chi connectivity index (χ0n) is 25.2. The molecule has 2 aliphatic heterocycles. The molecule has 42 heavy (non-hydrogen) atoms. The fraction of sp³-hybridized carbons (Fsp3) is 0.656. The van der Waals surface area contributed by atoms with Gasteiger partial charge in [-0.15, -0.1) is 0 Å². The standard InChI is InChI=1S/C32H46F2N4O3S/c1-3-4-5-6-7-8-9-10-12-24-22-35-32(36-23-24)37-17-14-27(15-18-37)38-16-11-13-25(31(38)39)19-26-20-29(34)30(21-28(26)33)42(2,40)41/h20-23,25,27H,3-19H2,1-2H3/t25-/m1/s1. The molecular formula is C32H46F2N4O3S. The van der Waals surface area contributed by atoms with Gasteiger partial charge in [-0.3, -0.25) is 4.79 Å². The Morgan fingerprint density at radius 2 is 1.52 bits per heavy atom. The zero-order valence-corrected chi connectivity index (χ0v) is 26.0. The van der Waals surface area contributed by atoms with Crippen LogP contribution in [0, 0.1) is 17.6 Å². The lowest BCUT2D eigenvalue weighted by Gasteiger charge is -2.42. The Balaban J connectivity index is 1.24. The number of carbonyl (C=O) groups is 1. The molecule has 0 aliphatic carbocycles. The summed E-state index contributed by atoms with van der Waals surface area (Å²) in [6.45, 7) is 4.41. The van der Waals surface area contributed by atoms with Gasteiger partial charge in [0.05, 0.1) is 0 Å². The monoisotopic (exact) mass is 604 g/mol. The highest BCUT2D eigenvalue weighted by Crippen LogP contribution is 2.30. The quantitative estimate of drug-likeness (QED) is 0.236. The molecule has 2 aliphatic rings. The molecule has 2 fully saturated rings. The number of hydrogen-bond acceptors (Lipinski definition) is 6. The summed E-state index contributed by atoms with van der Waals surface area (Å²) >= 11 is 0. The van der Waals surface area contributed by atoms with Crippen molar-refractivity contribution in [2.75, 3.05) is 30.8 Å². The number of hydrogen-bond donors (Lipinski definition) is 0. The number of halogens is 2. The van der Waals surface area contributed by atoms with Crippen LogP contribution < -0.4 is 4.90 Å². The average Bonchev–Trinajstić information content (AvgIpc) is 2.97. The van der Waals surface area contributed by atoms with Gasteiger partial charge < -0.3 is 9.80 Å². The summed E-state index contributed by atoms with van der Waals surface area (Å²) in [5.41, 5.74) is 1.21. The molecule has 3 heterocycles. The summed E-state index contributed by atoms with van der Waals surface area (Å²) in [6, 6.07) is 1.75. The number of benzene rings is 1. The van der Waals surface area contributed by atoms with Crippen molar-refractivity contribution >= 4 is 21.7 Å². The Hall–Kier alpha value is -2.62. The number of piperidine rings is 2. The number of aryl methyl sites for hydroxylation is 1. The lowest BCUT2D eigenvalue weighted by atomic mass is 9.88. The highest BCUT2D eigenvalue weighted by atomic mass is 32.2. The van der Waals surface area contributed by atoms with E-state index in [1.165, 1.54) is 56.9 Å². The van der Waals surface area contributed by atoms with Crippen LogP contribution in [0.25, 0.3) is 0 Å². The van der Waals surface area contributed by atoms with E-state index in [0.717, 1.165) is 63.1 Å². The van der Waals surface area contributed by atoms with E-state index < -0.39 is 32.3 Å². The van der Waals surface area contributed by atoms with Gasteiger partial charge in [-0.2, -0.15) is 0 Å². The maximum Gasteiger partial charge on any atom is 0.226 e.